The van der Waals surface area contributed by atoms with Crippen molar-refractivity contribution in [2.24, 2.45) is 0 Å². The number of rotatable bonds is 7. The molecule has 2 aromatic rings. The number of carbonyl (C=O) groups is 4. The number of urea groups is 1. The Balaban J connectivity index is 2.07. The molecular formula is C23H22FN3O6. The highest BCUT2D eigenvalue weighted by Gasteiger charge is 2.39. The van der Waals surface area contributed by atoms with Crippen molar-refractivity contribution >= 4 is 29.4 Å². The molecule has 0 aliphatic carbocycles. The molecule has 0 spiro atoms. The van der Waals surface area contributed by atoms with E-state index in [1.807, 2.05) is 0 Å². The van der Waals surface area contributed by atoms with E-state index in [1.165, 1.54) is 32.5 Å². The number of nitrogens with zero attached hydrogens (tertiary/aromatic N) is 2. The Morgan fingerprint density at radius 1 is 1.21 bits per heavy atom. The molecule has 33 heavy (non-hydrogen) atoms. The van der Waals surface area contributed by atoms with E-state index in [0.29, 0.717) is 11.3 Å². The monoisotopic (exact) mass is 455 g/mol. The average Bonchev–Trinajstić information content (AvgIpc) is 2.79. The van der Waals surface area contributed by atoms with Gasteiger partial charge in [-0.3, -0.25) is 19.3 Å². The fourth-order valence-electron chi connectivity index (χ4n) is 3.32. The van der Waals surface area contributed by atoms with Crippen molar-refractivity contribution in [2.75, 3.05) is 25.6 Å². The van der Waals surface area contributed by atoms with Gasteiger partial charge in [0, 0.05) is 37.1 Å². The summed E-state index contributed by atoms with van der Waals surface area (Å²) in [6, 6.07) is 7.96. The van der Waals surface area contributed by atoms with Gasteiger partial charge >= 0.3 is 12.0 Å². The molecule has 0 aromatic heterocycles. The Hall–Kier alpha value is -4.21. The zero-order valence-corrected chi connectivity index (χ0v) is 17.9. The van der Waals surface area contributed by atoms with Crippen LogP contribution in [0.3, 0.4) is 0 Å². The van der Waals surface area contributed by atoms with Crippen LogP contribution >= 0.6 is 0 Å². The zero-order valence-electron chi connectivity index (χ0n) is 17.9. The van der Waals surface area contributed by atoms with Crippen LogP contribution < -0.4 is 15.0 Å². The summed E-state index contributed by atoms with van der Waals surface area (Å²) >= 11 is 0. The van der Waals surface area contributed by atoms with Gasteiger partial charge in [-0.1, -0.05) is 12.1 Å². The van der Waals surface area contributed by atoms with Crippen LogP contribution in [-0.2, 0) is 14.4 Å². The molecule has 0 unspecified atom stereocenters. The quantitative estimate of drug-likeness (QED) is 0.620. The van der Waals surface area contributed by atoms with Gasteiger partial charge in [-0.2, -0.15) is 0 Å². The molecule has 3 rings (SSSR count). The van der Waals surface area contributed by atoms with E-state index in [0.717, 1.165) is 21.9 Å². The number of benzene rings is 2. The summed E-state index contributed by atoms with van der Waals surface area (Å²) in [5.74, 6) is -2.53. The SMILES string of the molecule is COc1cccc(-c2cc(N(C(=O)NCCC(=O)O)[C@H]3C(=O)C=CN(C)C3=O)ccc2F)c1. The van der Waals surface area contributed by atoms with Crippen LogP contribution in [0.15, 0.2) is 54.7 Å². The summed E-state index contributed by atoms with van der Waals surface area (Å²) in [4.78, 5) is 51.3. The van der Waals surface area contributed by atoms with Crippen molar-refractivity contribution in [1.29, 1.82) is 0 Å². The molecule has 1 aliphatic rings. The molecular weight excluding hydrogens is 433 g/mol. The van der Waals surface area contributed by atoms with Crippen molar-refractivity contribution in [1.82, 2.24) is 10.2 Å². The Labute approximate surface area is 189 Å². The Kier molecular flexibility index (Phi) is 7.07. The molecule has 1 heterocycles. The molecule has 1 atom stereocenters. The van der Waals surface area contributed by atoms with E-state index in [-0.39, 0.29) is 24.2 Å². The van der Waals surface area contributed by atoms with Gasteiger partial charge in [0.05, 0.1) is 13.5 Å². The minimum absolute atomic E-state index is 0.0810. The summed E-state index contributed by atoms with van der Waals surface area (Å²) in [5, 5.41) is 11.2. The van der Waals surface area contributed by atoms with E-state index in [4.69, 9.17) is 9.84 Å². The standard InChI is InChI=1S/C23H22FN3O6/c1-26-11-9-19(28)21(22(26)31)27(23(32)25-10-8-20(29)30)15-6-7-18(24)17(13-15)14-4-3-5-16(12-14)33-2/h3-7,9,11-13,21H,8,10H2,1-2H3,(H,25,32)(H,29,30)/t21-/m0/s1. The predicted octanol–water partition coefficient (Wildman–Crippen LogP) is 2.42. The highest BCUT2D eigenvalue weighted by molar-refractivity contribution is 6.19. The number of halogens is 1. The van der Waals surface area contributed by atoms with E-state index < -0.39 is 35.5 Å². The van der Waals surface area contributed by atoms with Crippen LogP contribution in [0.2, 0.25) is 0 Å². The van der Waals surface area contributed by atoms with Gasteiger partial charge < -0.3 is 20.1 Å². The molecule has 0 saturated carbocycles. The van der Waals surface area contributed by atoms with Crippen LogP contribution in [0.5, 0.6) is 5.75 Å². The van der Waals surface area contributed by atoms with E-state index in [2.05, 4.69) is 5.32 Å². The lowest BCUT2D eigenvalue weighted by Gasteiger charge is -2.33. The molecule has 9 nitrogen and oxygen atoms in total. The highest BCUT2D eigenvalue weighted by atomic mass is 19.1. The molecule has 10 heteroatoms. The van der Waals surface area contributed by atoms with Gasteiger partial charge in [0.15, 0.2) is 11.8 Å². The number of amides is 3. The highest BCUT2D eigenvalue weighted by Crippen LogP contribution is 2.31. The minimum Gasteiger partial charge on any atom is -0.497 e. The van der Waals surface area contributed by atoms with Gasteiger partial charge in [-0.15, -0.1) is 0 Å². The second kappa shape index (κ2) is 9.94. The molecule has 0 fully saturated rings. The van der Waals surface area contributed by atoms with Gasteiger partial charge in [-0.25, -0.2) is 9.18 Å². The van der Waals surface area contributed by atoms with Crippen molar-refractivity contribution in [2.45, 2.75) is 12.5 Å². The lowest BCUT2D eigenvalue weighted by molar-refractivity contribution is -0.137. The summed E-state index contributed by atoms with van der Waals surface area (Å²) in [6.45, 7) is -0.227. The van der Waals surface area contributed by atoms with Crippen LogP contribution in [0.25, 0.3) is 11.1 Å². The van der Waals surface area contributed by atoms with Crippen molar-refractivity contribution in [3.8, 4) is 16.9 Å². The summed E-state index contributed by atoms with van der Waals surface area (Å²) in [6.07, 6.45) is 2.09. The number of carbonyl (C=O) groups excluding carboxylic acids is 3. The molecule has 2 N–H and O–H groups in total. The van der Waals surface area contributed by atoms with Crippen molar-refractivity contribution in [3.63, 3.8) is 0 Å². The van der Waals surface area contributed by atoms with Crippen LogP contribution in [-0.4, -0.2) is 60.4 Å². The van der Waals surface area contributed by atoms with Crippen LogP contribution in [0.1, 0.15) is 6.42 Å². The number of carboxylic acid groups (broad SMARTS) is 1. The first kappa shape index (κ1) is 23.5. The minimum atomic E-state index is -1.53. The second-order valence-corrected chi connectivity index (χ2v) is 7.21. The number of aliphatic carboxylic acids is 1. The Morgan fingerprint density at radius 2 is 1.97 bits per heavy atom. The number of hydrogen-bond acceptors (Lipinski definition) is 5. The molecule has 0 saturated heterocycles. The maximum Gasteiger partial charge on any atom is 0.323 e. The average molecular weight is 455 g/mol. The van der Waals surface area contributed by atoms with E-state index >= 15 is 0 Å². The maximum absolute atomic E-state index is 14.7. The maximum atomic E-state index is 14.7. The van der Waals surface area contributed by atoms with Crippen molar-refractivity contribution < 1.29 is 33.4 Å². The third-order valence-corrected chi connectivity index (χ3v) is 5.01. The number of hydrogen-bond donors (Lipinski definition) is 2. The third-order valence-electron chi connectivity index (χ3n) is 5.01. The normalized spacial score (nSPS) is 15.4. The Morgan fingerprint density at radius 3 is 2.67 bits per heavy atom. The number of carboxylic acids is 1. The topological polar surface area (TPSA) is 116 Å². The molecule has 1 aliphatic heterocycles. The first-order valence-corrected chi connectivity index (χ1v) is 9.94. The van der Waals surface area contributed by atoms with E-state index in [9.17, 15) is 23.6 Å². The fraction of sp³-hybridized carbons (Fsp3) is 0.217. The molecule has 2 aromatic carbocycles. The number of anilines is 1. The van der Waals surface area contributed by atoms with Gasteiger partial charge in [0.1, 0.15) is 11.6 Å². The van der Waals surface area contributed by atoms with Crippen LogP contribution in [0.4, 0.5) is 14.9 Å². The zero-order chi connectivity index (χ0) is 24.1. The van der Waals surface area contributed by atoms with Gasteiger partial charge in [0.25, 0.3) is 5.91 Å². The van der Waals surface area contributed by atoms with Crippen molar-refractivity contribution in [3.05, 3.63) is 60.6 Å². The molecule has 0 radical (unpaired) electrons. The summed E-state index contributed by atoms with van der Waals surface area (Å²) < 4.78 is 19.9. The number of ketones is 1. The van der Waals surface area contributed by atoms with Gasteiger partial charge in [-0.05, 0) is 35.9 Å². The lowest BCUT2D eigenvalue weighted by Crippen LogP contribution is -2.57. The molecule has 172 valence electrons. The second-order valence-electron chi connectivity index (χ2n) is 7.21. The predicted molar refractivity (Wildman–Crippen MR) is 117 cm³/mol. The lowest BCUT2D eigenvalue weighted by atomic mass is 10.0. The summed E-state index contributed by atoms with van der Waals surface area (Å²) in [7, 11) is 2.91. The van der Waals surface area contributed by atoms with E-state index in [1.54, 1.807) is 24.3 Å². The smallest absolute Gasteiger partial charge is 0.323 e. The number of nitrogens with one attached hydrogen (secondary N) is 1. The van der Waals surface area contributed by atoms with Crippen LogP contribution in [0, 0.1) is 5.82 Å². The first-order valence-electron chi connectivity index (χ1n) is 9.94. The third kappa shape index (κ3) is 5.17. The Bertz CT molecular complexity index is 1130. The van der Waals surface area contributed by atoms with Gasteiger partial charge in [0.2, 0.25) is 0 Å². The fourth-order valence-corrected chi connectivity index (χ4v) is 3.32. The number of ether oxygens (including phenoxy) is 1. The number of likely N-dealkylation sites (N-methyl/N-ethyl adjacent to an activating group) is 1. The largest absolute Gasteiger partial charge is 0.497 e. The first-order chi connectivity index (χ1) is 15.7. The molecule has 0 bridgehead atoms. The molecule has 3 amide bonds. The summed E-state index contributed by atoms with van der Waals surface area (Å²) in [5.41, 5.74) is 0.657. The number of methoxy groups -OCH3 is 1.